The average molecular weight is 499 g/mol. The Kier molecular flexibility index (Phi) is 6.67. The maximum atomic E-state index is 14.4. The molecule has 5 nitrogen and oxygen atoms in total. The van der Waals surface area contributed by atoms with E-state index in [0.29, 0.717) is 17.5 Å². The minimum absolute atomic E-state index is 0.0237. The highest BCUT2D eigenvalue weighted by Crippen LogP contribution is 2.64. The molecular formula is C24H30F4N4OS. The molecule has 1 aromatic carbocycles. The summed E-state index contributed by atoms with van der Waals surface area (Å²) in [7, 11) is 2.03. The SMILES string of the molecule is Cn1c(SCCCN2CC[C@@]3(C[C@@H]3c3ccc(C(F)(F)F)cc3F)C2)nnc1C1CCOCC1. The third kappa shape index (κ3) is 4.86. The summed E-state index contributed by atoms with van der Waals surface area (Å²) in [5, 5.41) is 9.74. The fraction of sp³-hybridized carbons (Fsp3) is 0.667. The first-order valence-corrected chi connectivity index (χ1v) is 12.9. The van der Waals surface area contributed by atoms with Gasteiger partial charge in [-0.25, -0.2) is 4.39 Å². The summed E-state index contributed by atoms with van der Waals surface area (Å²) >= 11 is 1.72. The van der Waals surface area contributed by atoms with E-state index >= 15 is 0 Å². The average Bonchev–Trinajstić information content (AvgIpc) is 3.14. The van der Waals surface area contributed by atoms with Crippen LogP contribution in [0.15, 0.2) is 23.4 Å². The molecule has 5 rings (SSSR count). The second-order valence-electron chi connectivity index (χ2n) is 9.87. The molecule has 3 aliphatic rings. The predicted molar refractivity (Wildman–Crippen MR) is 121 cm³/mol. The maximum absolute atomic E-state index is 14.4. The molecule has 2 saturated heterocycles. The number of hydrogen-bond donors (Lipinski definition) is 0. The van der Waals surface area contributed by atoms with E-state index in [9.17, 15) is 17.6 Å². The maximum Gasteiger partial charge on any atom is 0.416 e. The molecule has 0 radical (unpaired) electrons. The molecule has 1 aliphatic carbocycles. The van der Waals surface area contributed by atoms with Gasteiger partial charge in [-0.15, -0.1) is 10.2 Å². The molecule has 0 amide bonds. The first-order valence-electron chi connectivity index (χ1n) is 12.0. The zero-order valence-corrected chi connectivity index (χ0v) is 20.1. The van der Waals surface area contributed by atoms with Crippen molar-refractivity contribution in [3.05, 3.63) is 41.0 Å². The van der Waals surface area contributed by atoms with Crippen molar-refractivity contribution in [3.8, 4) is 0 Å². The van der Waals surface area contributed by atoms with Crippen molar-refractivity contribution < 1.29 is 22.3 Å². The lowest BCUT2D eigenvalue weighted by Gasteiger charge is -2.21. The van der Waals surface area contributed by atoms with Crippen LogP contribution in [0.5, 0.6) is 0 Å². The minimum atomic E-state index is -4.51. The molecule has 0 bridgehead atoms. The van der Waals surface area contributed by atoms with Crippen molar-refractivity contribution in [1.82, 2.24) is 19.7 Å². The molecule has 3 fully saturated rings. The van der Waals surface area contributed by atoms with E-state index in [1.165, 1.54) is 6.07 Å². The van der Waals surface area contributed by atoms with Gasteiger partial charge < -0.3 is 14.2 Å². The molecular weight excluding hydrogens is 468 g/mol. The number of aromatic nitrogens is 3. The van der Waals surface area contributed by atoms with Crippen molar-refractivity contribution in [3.63, 3.8) is 0 Å². The van der Waals surface area contributed by atoms with Gasteiger partial charge in [-0.3, -0.25) is 0 Å². The van der Waals surface area contributed by atoms with Gasteiger partial charge in [0.1, 0.15) is 11.6 Å². The van der Waals surface area contributed by atoms with Crippen molar-refractivity contribution in [1.29, 1.82) is 0 Å². The number of nitrogens with zero attached hydrogens (tertiary/aromatic N) is 4. The second-order valence-corrected chi connectivity index (χ2v) is 10.9. The molecule has 2 aliphatic heterocycles. The Bertz CT molecular complexity index is 1020. The highest BCUT2D eigenvalue weighted by Gasteiger charge is 2.58. The Morgan fingerprint density at radius 2 is 2.00 bits per heavy atom. The summed E-state index contributed by atoms with van der Waals surface area (Å²) < 4.78 is 60.5. The lowest BCUT2D eigenvalue weighted by Crippen LogP contribution is -2.23. The smallest absolute Gasteiger partial charge is 0.381 e. The topological polar surface area (TPSA) is 43.2 Å². The van der Waals surface area contributed by atoms with Gasteiger partial charge in [0.15, 0.2) is 5.16 Å². The number of thioether (sulfide) groups is 1. The zero-order valence-electron chi connectivity index (χ0n) is 19.3. The molecule has 1 spiro atoms. The van der Waals surface area contributed by atoms with E-state index in [0.717, 1.165) is 87.8 Å². The molecule has 2 aromatic rings. The van der Waals surface area contributed by atoms with Crippen LogP contribution in [0.3, 0.4) is 0 Å². The molecule has 3 heterocycles. The Hall–Kier alpha value is -1.65. The van der Waals surface area contributed by atoms with E-state index in [2.05, 4.69) is 19.7 Å². The first kappa shape index (κ1) is 24.1. The lowest BCUT2D eigenvalue weighted by atomic mass is 9.97. The van der Waals surface area contributed by atoms with Crippen LogP contribution in [0.2, 0.25) is 0 Å². The van der Waals surface area contributed by atoms with Gasteiger partial charge in [0.25, 0.3) is 0 Å². The van der Waals surface area contributed by atoms with Crippen LogP contribution in [-0.2, 0) is 18.0 Å². The number of alkyl halides is 3. The summed E-state index contributed by atoms with van der Waals surface area (Å²) in [6.45, 7) is 4.37. The molecule has 0 unspecified atom stereocenters. The van der Waals surface area contributed by atoms with Crippen LogP contribution < -0.4 is 0 Å². The standard InChI is InChI=1S/C24H30F4N4OS/c1-31-21(16-5-10-33-11-6-16)29-30-22(31)34-12-2-8-32-9-7-23(15-32)14-19(23)18-4-3-17(13-20(18)25)24(26,27)28/h3-4,13,16,19H,2,5-12,14-15H2,1H3/t19-,23-/m1/s1. The van der Waals surface area contributed by atoms with Gasteiger partial charge in [0.05, 0.1) is 5.56 Å². The number of rotatable bonds is 7. The monoisotopic (exact) mass is 498 g/mol. The third-order valence-electron chi connectivity index (χ3n) is 7.66. The Labute approximate surface area is 201 Å². The van der Waals surface area contributed by atoms with Crippen LogP contribution in [0.25, 0.3) is 0 Å². The van der Waals surface area contributed by atoms with Gasteiger partial charge in [0.2, 0.25) is 0 Å². The Balaban J connectivity index is 1.09. The van der Waals surface area contributed by atoms with Gasteiger partial charge >= 0.3 is 6.18 Å². The molecule has 186 valence electrons. The second kappa shape index (κ2) is 9.43. The van der Waals surface area contributed by atoms with Gasteiger partial charge in [-0.05, 0) is 74.2 Å². The number of halogens is 4. The van der Waals surface area contributed by atoms with Crippen molar-refractivity contribution >= 4 is 11.8 Å². The molecule has 34 heavy (non-hydrogen) atoms. The van der Waals surface area contributed by atoms with Gasteiger partial charge in [0, 0.05) is 38.5 Å². The normalized spacial score (nSPS) is 26.0. The van der Waals surface area contributed by atoms with E-state index in [1.807, 2.05) is 7.05 Å². The third-order valence-corrected chi connectivity index (χ3v) is 8.77. The van der Waals surface area contributed by atoms with Crippen LogP contribution in [0, 0.1) is 11.2 Å². The lowest BCUT2D eigenvalue weighted by molar-refractivity contribution is -0.137. The number of hydrogen-bond acceptors (Lipinski definition) is 5. The van der Waals surface area contributed by atoms with Gasteiger partial charge in [-0.1, -0.05) is 17.8 Å². The molecule has 2 atom stereocenters. The van der Waals surface area contributed by atoms with Crippen LogP contribution in [0.4, 0.5) is 17.6 Å². The number of ether oxygens (including phenoxy) is 1. The van der Waals surface area contributed by atoms with Crippen molar-refractivity contribution in [2.24, 2.45) is 12.5 Å². The van der Waals surface area contributed by atoms with Gasteiger partial charge in [-0.2, -0.15) is 13.2 Å². The number of likely N-dealkylation sites (tertiary alicyclic amines) is 1. The molecule has 10 heteroatoms. The summed E-state index contributed by atoms with van der Waals surface area (Å²) in [5.41, 5.74) is -0.458. The zero-order chi connectivity index (χ0) is 23.9. The minimum Gasteiger partial charge on any atom is -0.381 e. The summed E-state index contributed by atoms with van der Waals surface area (Å²) in [4.78, 5) is 2.41. The Morgan fingerprint density at radius 1 is 1.21 bits per heavy atom. The summed E-state index contributed by atoms with van der Waals surface area (Å²) in [6.07, 6.45) is 0.312. The molecule has 1 saturated carbocycles. The van der Waals surface area contributed by atoms with Crippen molar-refractivity contribution in [2.45, 2.75) is 55.3 Å². The van der Waals surface area contributed by atoms with Crippen LogP contribution in [0.1, 0.15) is 60.9 Å². The number of benzene rings is 1. The highest BCUT2D eigenvalue weighted by atomic mass is 32.2. The van der Waals surface area contributed by atoms with Crippen LogP contribution >= 0.6 is 11.8 Å². The first-order chi connectivity index (χ1) is 16.3. The van der Waals surface area contributed by atoms with E-state index in [1.54, 1.807) is 11.8 Å². The molecule has 1 aromatic heterocycles. The largest absolute Gasteiger partial charge is 0.416 e. The predicted octanol–water partition coefficient (Wildman–Crippen LogP) is 5.23. The quantitative estimate of drug-likeness (QED) is 0.297. The summed E-state index contributed by atoms with van der Waals surface area (Å²) in [6, 6.07) is 2.99. The fourth-order valence-corrected chi connectivity index (χ4v) is 6.46. The fourth-order valence-electron chi connectivity index (χ4n) is 5.61. The summed E-state index contributed by atoms with van der Waals surface area (Å²) in [5.74, 6) is 1.71. The Morgan fingerprint density at radius 3 is 2.74 bits per heavy atom. The van der Waals surface area contributed by atoms with Crippen molar-refractivity contribution in [2.75, 3.05) is 38.6 Å². The highest BCUT2D eigenvalue weighted by molar-refractivity contribution is 7.99. The van der Waals surface area contributed by atoms with E-state index in [-0.39, 0.29) is 11.3 Å². The van der Waals surface area contributed by atoms with Crippen LogP contribution in [-0.4, -0.2) is 58.3 Å². The molecule has 0 N–H and O–H groups in total. The van der Waals surface area contributed by atoms with E-state index < -0.39 is 17.6 Å². The van der Waals surface area contributed by atoms with E-state index in [4.69, 9.17) is 4.74 Å².